The minimum atomic E-state index is -0.849. The van der Waals surface area contributed by atoms with Crippen LogP contribution in [-0.4, -0.2) is 37.2 Å². The van der Waals surface area contributed by atoms with E-state index < -0.39 is 12.1 Å². The summed E-state index contributed by atoms with van der Waals surface area (Å²) >= 11 is 0. The van der Waals surface area contributed by atoms with Crippen molar-refractivity contribution in [1.82, 2.24) is 0 Å². The predicted octanol–water partition coefficient (Wildman–Crippen LogP) is 22.2. The van der Waals surface area contributed by atoms with E-state index in [0.717, 1.165) is 161 Å². The highest BCUT2D eigenvalue weighted by Crippen LogP contribution is 2.13. The Hall–Kier alpha value is -5.75. The lowest BCUT2D eigenvalue weighted by molar-refractivity contribution is -0.166. The van der Waals surface area contributed by atoms with Gasteiger partial charge in [-0.1, -0.05) is 267 Å². The molecule has 0 bridgehead atoms. The number of unbranched alkanes of at least 4 members (excludes halogenated alkanes) is 13. The molecule has 0 aliphatic rings. The van der Waals surface area contributed by atoms with Gasteiger partial charge in [0.25, 0.3) is 0 Å². The normalized spacial score (nSPS) is 13.5. The summed E-state index contributed by atoms with van der Waals surface area (Å²) in [6, 6.07) is 0. The molecule has 0 radical (unpaired) electrons. The van der Waals surface area contributed by atoms with Crippen LogP contribution in [0.15, 0.2) is 194 Å². The topological polar surface area (TPSA) is 78.9 Å². The number of hydrogen-bond donors (Lipinski definition) is 0. The van der Waals surface area contributed by atoms with Crippen LogP contribution in [0.25, 0.3) is 0 Å². The molecule has 0 N–H and O–H groups in total. The van der Waals surface area contributed by atoms with Gasteiger partial charge in [0.1, 0.15) is 13.2 Å². The molecule has 0 aromatic heterocycles. The summed E-state index contributed by atoms with van der Waals surface area (Å²) in [7, 11) is 0. The maximum Gasteiger partial charge on any atom is 0.309 e. The fourth-order valence-electron chi connectivity index (χ4n) is 7.89. The van der Waals surface area contributed by atoms with Gasteiger partial charge in [-0.3, -0.25) is 14.4 Å². The van der Waals surface area contributed by atoms with Crippen molar-refractivity contribution < 1.29 is 28.6 Å². The van der Waals surface area contributed by atoms with Crippen LogP contribution >= 0.6 is 0 Å². The molecule has 0 amide bonds. The first-order chi connectivity index (χ1) is 40.0. The van der Waals surface area contributed by atoms with Crippen LogP contribution in [0, 0.1) is 0 Å². The molecule has 0 fully saturated rings. The van der Waals surface area contributed by atoms with E-state index in [0.29, 0.717) is 6.42 Å². The molecule has 0 aromatic carbocycles. The standard InChI is InChI=1S/C75H114O6/c1-4-7-10-13-16-19-22-25-28-30-32-33-34-35-36-37-38-39-40-41-43-44-47-50-53-56-59-62-65-68-74(77)80-71-72(70-79-73(76)67-64-61-58-55-52-49-46-27-24-21-18-15-12-9-6-3)81-75(78)69-66-63-60-57-54-51-48-45-42-31-29-26-23-20-17-14-11-8-5-2/h7,9-10,12,16-21,25-29,32-33,35-36,38-39,41-43,45-47,50,52,55,61,64,72H,4-6,8,11,13-15,22-24,30-31,34,37,40,44,48-49,51,53-54,56-60,62-63,65-71H2,1-3H3/b10-7-,12-9-,19-16-,20-17-,21-18-,28-25-,29-26-,33-32-,36-35-,39-38-,43-41-,45-42-,46-27-,50-47-,55-52-,64-61-. The molecule has 0 saturated carbocycles. The summed E-state index contributed by atoms with van der Waals surface area (Å²) in [6.07, 6.45) is 102. The Kier molecular flexibility index (Phi) is 62.0. The second-order valence-electron chi connectivity index (χ2n) is 20.2. The van der Waals surface area contributed by atoms with Crippen LogP contribution in [0.3, 0.4) is 0 Å². The first-order valence-electron chi connectivity index (χ1n) is 31.9. The average molecular weight is 1110 g/mol. The molecule has 6 heteroatoms. The lowest BCUT2D eigenvalue weighted by Gasteiger charge is -2.18. The number of allylic oxidation sites excluding steroid dienone is 31. The molecule has 450 valence electrons. The second kappa shape index (κ2) is 66.8. The van der Waals surface area contributed by atoms with Gasteiger partial charge >= 0.3 is 17.9 Å². The van der Waals surface area contributed by atoms with Gasteiger partial charge in [0, 0.05) is 12.8 Å². The summed E-state index contributed by atoms with van der Waals surface area (Å²) in [5.74, 6) is -1.12. The van der Waals surface area contributed by atoms with Crippen molar-refractivity contribution in [3.8, 4) is 0 Å². The van der Waals surface area contributed by atoms with Crippen molar-refractivity contribution in [2.24, 2.45) is 0 Å². The molecule has 0 aliphatic carbocycles. The molecule has 1 unspecified atom stereocenters. The molecule has 0 aliphatic heterocycles. The third-order valence-corrected chi connectivity index (χ3v) is 12.6. The lowest BCUT2D eigenvalue weighted by atomic mass is 10.1. The number of carbonyl (C=O) groups excluding carboxylic acids is 3. The Labute approximate surface area is 497 Å². The van der Waals surface area contributed by atoms with Gasteiger partial charge < -0.3 is 14.2 Å². The molecule has 0 saturated heterocycles. The average Bonchev–Trinajstić information content (AvgIpc) is 3.47. The summed E-state index contributed by atoms with van der Waals surface area (Å²) in [4.78, 5) is 38.3. The highest BCUT2D eigenvalue weighted by molar-refractivity contribution is 5.72. The third-order valence-electron chi connectivity index (χ3n) is 12.6. The summed E-state index contributed by atoms with van der Waals surface area (Å²) < 4.78 is 16.8. The Morgan fingerprint density at radius 2 is 0.531 bits per heavy atom. The van der Waals surface area contributed by atoms with Crippen LogP contribution in [0.1, 0.15) is 239 Å². The summed E-state index contributed by atoms with van der Waals surface area (Å²) in [5.41, 5.74) is 0. The van der Waals surface area contributed by atoms with E-state index >= 15 is 0 Å². The predicted molar refractivity (Wildman–Crippen MR) is 352 cm³/mol. The van der Waals surface area contributed by atoms with E-state index in [2.05, 4.69) is 203 Å². The lowest BCUT2D eigenvalue weighted by Crippen LogP contribution is -2.30. The van der Waals surface area contributed by atoms with Crippen LogP contribution in [-0.2, 0) is 28.6 Å². The van der Waals surface area contributed by atoms with Crippen molar-refractivity contribution >= 4 is 17.9 Å². The molecule has 0 heterocycles. The Balaban J connectivity index is 4.54. The van der Waals surface area contributed by atoms with E-state index in [1.54, 1.807) is 6.08 Å². The molecule has 81 heavy (non-hydrogen) atoms. The second-order valence-corrected chi connectivity index (χ2v) is 20.2. The van der Waals surface area contributed by atoms with Crippen molar-refractivity contribution in [3.63, 3.8) is 0 Å². The van der Waals surface area contributed by atoms with Gasteiger partial charge in [0.05, 0.1) is 6.42 Å². The Bertz CT molecular complexity index is 1950. The molecular formula is C75H114O6. The van der Waals surface area contributed by atoms with Gasteiger partial charge in [-0.15, -0.1) is 0 Å². The van der Waals surface area contributed by atoms with E-state index in [-0.39, 0.29) is 38.0 Å². The first kappa shape index (κ1) is 75.2. The highest BCUT2D eigenvalue weighted by Gasteiger charge is 2.19. The quantitative estimate of drug-likeness (QED) is 0.0261. The van der Waals surface area contributed by atoms with Crippen molar-refractivity contribution in [3.05, 3.63) is 194 Å². The highest BCUT2D eigenvalue weighted by atomic mass is 16.6. The van der Waals surface area contributed by atoms with Gasteiger partial charge in [0.2, 0.25) is 0 Å². The smallest absolute Gasteiger partial charge is 0.309 e. The van der Waals surface area contributed by atoms with E-state index in [1.165, 1.54) is 38.5 Å². The number of esters is 3. The molecule has 6 nitrogen and oxygen atoms in total. The zero-order chi connectivity index (χ0) is 58.5. The summed E-state index contributed by atoms with van der Waals surface area (Å²) in [5, 5.41) is 0. The monoisotopic (exact) mass is 1110 g/mol. The molecule has 0 aromatic rings. The van der Waals surface area contributed by atoms with Crippen molar-refractivity contribution in [2.45, 2.75) is 245 Å². The van der Waals surface area contributed by atoms with Gasteiger partial charge in [-0.25, -0.2) is 0 Å². The van der Waals surface area contributed by atoms with Crippen LogP contribution in [0.2, 0.25) is 0 Å². The largest absolute Gasteiger partial charge is 0.462 e. The zero-order valence-electron chi connectivity index (χ0n) is 51.5. The van der Waals surface area contributed by atoms with Crippen molar-refractivity contribution in [2.75, 3.05) is 13.2 Å². The number of ether oxygens (including phenoxy) is 3. The third kappa shape index (κ3) is 64.9. The molecule has 1 atom stereocenters. The van der Waals surface area contributed by atoms with Crippen LogP contribution in [0.4, 0.5) is 0 Å². The fraction of sp³-hybridized carbons (Fsp3) is 0.533. The maximum absolute atomic E-state index is 12.9. The summed E-state index contributed by atoms with van der Waals surface area (Å²) in [6.45, 7) is 6.25. The maximum atomic E-state index is 12.9. The van der Waals surface area contributed by atoms with E-state index in [4.69, 9.17) is 14.2 Å². The number of carbonyl (C=O) groups is 3. The minimum Gasteiger partial charge on any atom is -0.462 e. The van der Waals surface area contributed by atoms with Crippen molar-refractivity contribution in [1.29, 1.82) is 0 Å². The Morgan fingerprint density at radius 1 is 0.272 bits per heavy atom. The number of hydrogen-bond acceptors (Lipinski definition) is 6. The molecule has 0 spiro atoms. The molecule has 0 rings (SSSR count). The van der Waals surface area contributed by atoms with Crippen LogP contribution in [0.5, 0.6) is 0 Å². The minimum absolute atomic E-state index is 0.109. The Morgan fingerprint density at radius 3 is 0.864 bits per heavy atom. The van der Waals surface area contributed by atoms with E-state index in [1.807, 2.05) is 6.08 Å². The zero-order valence-corrected chi connectivity index (χ0v) is 51.5. The van der Waals surface area contributed by atoms with Gasteiger partial charge in [0.15, 0.2) is 6.10 Å². The van der Waals surface area contributed by atoms with E-state index in [9.17, 15) is 14.4 Å². The van der Waals surface area contributed by atoms with Gasteiger partial charge in [-0.2, -0.15) is 0 Å². The van der Waals surface area contributed by atoms with Gasteiger partial charge in [-0.05, 0) is 148 Å². The number of rotatable bonds is 55. The fourth-order valence-corrected chi connectivity index (χ4v) is 7.89. The SMILES string of the molecule is CC/C=C\C/C=C\C/C=C\C/C=C\C/C=C\C/C=C\C/C=C\C/C=C\CCCCCCC(=O)OCC(COC(=O)C/C=C\C/C=C\C/C=C\C/C=C\C/C=C\CC)OC(=O)CCCCCCCC/C=C\C/C=C\C/C=C\CCCCC. The molecular weight excluding hydrogens is 997 g/mol. The first-order valence-corrected chi connectivity index (χ1v) is 31.9. The van der Waals surface area contributed by atoms with Crippen LogP contribution < -0.4 is 0 Å².